The van der Waals surface area contributed by atoms with Gasteiger partial charge in [0, 0.05) is 6.54 Å². The third-order valence-electron chi connectivity index (χ3n) is 3.24. The molecule has 1 aliphatic rings. The Bertz CT molecular complexity index is 291. The zero-order valence-corrected chi connectivity index (χ0v) is 10.0. The first kappa shape index (κ1) is 13.0. The van der Waals surface area contributed by atoms with Gasteiger partial charge in [0.15, 0.2) is 0 Å². The first-order valence-electron chi connectivity index (χ1n) is 5.65. The molecule has 1 saturated heterocycles. The monoisotopic (exact) mass is 228 g/mol. The summed E-state index contributed by atoms with van der Waals surface area (Å²) in [6.45, 7) is 6.07. The summed E-state index contributed by atoms with van der Waals surface area (Å²) in [6.07, 6.45) is 0.730. The van der Waals surface area contributed by atoms with Gasteiger partial charge in [-0.15, -0.1) is 0 Å². The molecule has 0 aromatic carbocycles. The van der Waals surface area contributed by atoms with Gasteiger partial charge in [0.05, 0.1) is 6.04 Å². The number of likely N-dealkylation sites (tertiary alicyclic amines) is 1. The summed E-state index contributed by atoms with van der Waals surface area (Å²) in [7, 11) is 0. The summed E-state index contributed by atoms with van der Waals surface area (Å²) in [4.78, 5) is 24.5. The third kappa shape index (κ3) is 2.35. The van der Waals surface area contributed by atoms with Gasteiger partial charge in [-0.1, -0.05) is 20.8 Å². The van der Waals surface area contributed by atoms with E-state index in [1.54, 1.807) is 0 Å². The number of nitrogens with zero attached hydrogens (tertiary/aromatic N) is 1. The number of hydrogen-bond donors (Lipinski definition) is 2. The molecule has 5 heteroatoms. The van der Waals surface area contributed by atoms with Gasteiger partial charge in [0.25, 0.3) is 0 Å². The van der Waals surface area contributed by atoms with Gasteiger partial charge >= 0.3 is 5.97 Å². The Kier molecular flexibility index (Phi) is 3.91. The summed E-state index contributed by atoms with van der Waals surface area (Å²) in [5.74, 6) is -1.15. The van der Waals surface area contributed by atoms with Crippen molar-refractivity contribution < 1.29 is 14.7 Å². The van der Waals surface area contributed by atoms with Crippen LogP contribution in [0.5, 0.6) is 0 Å². The van der Waals surface area contributed by atoms with E-state index in [0.29, 0.717) is 6.54 Å². The van der Waals surface area contributed by atoms with Crippen molar-refractivity contribution in [1.82, 2.24) is 4.90 Å². The maximum absolute atomic E-state index is 12.0. The Hall–Kier alpha value is -1.10. The molecule has 0 bridgehead atoms. The molecule has 3 atom stereocenters. The molecular formula is C11H20N2O3. The Balaban J connectivity index is 2.80. The fourth-order valence-electron chi connectivity index (χ4n) is 2.05. The van der Waals surface area contributed by atoms with E-state index in [1.165, 1.54) is 4.90 Å². The first-order chi connectivity index (χ1) is 7.36. The lowest BCUT2D eigenvalue weighted by Gasteiger charge is -2.27. The number of carbonyl (C=O) groups is 2. The van der Waals surface area contributed by atoms with Crippen LogP contribution >= 0.6 is 0 Å². The number of rotatable bonds is 3. The van der Waals surface area contributed by atoms with Crippen molar-refractivity contribution in [2.75, 3.05) is 6.54 Å². The predicted octanol–water partition coefficient (Wildman–Crippen LogP) is 0.291. The highest BCUT2D eigenvalue weighted by atomic mass is 16.4. The minimum atomic E-state index is -0.936. The molecule has 0 saturated carbocycles. The minimum Gasteiger partial charge on any atom is -0.480 e. The Labute approximate surface area is 95.6 Å². The number of aliphatic carboxylic acids is 1. The van der Waals surface area contributed by atoms with Crippen LogP contribution in [0, 0.1) is 11.8 Å². The summed E-state index contributed by atoms with van der Waals surface area (Å²) >= 11 is 0. The van der Waals surface area contributed by atoms with Crippen molar-refractivity contribution in [2.24, 2.45) is 17.6 Å². The summed E-state index contributed by atoms with van der Waals surface area (Å²) in [6, 6.07) is -1.32. The van der Waals surface area contributed by atoms with E-state index < -0.39 is 18.1 Å². The highest BCUT2D eigenvalue weighted by Crippen LogP contribution is 2.25. The maximum atomic E-state index is 12.0. The van der Waals surface area contributed by atoms with Crippen LogP contribution in [0.2, 0.25) is 0 Å². The van der Waals surface area contributed by atoms with Crippen LogP contribution in [0.1, 0.15) is 27.2 Å². The van der Waals surface area contributed by atoms with Crippen LogP contribution < -0.4 is 5.73 Å². The van der Waals surface area contributed by atoms with Crippen molar-refractivity contribution in [3.8, 4) is 0 Å². The summed E-state index contributed by atoms with van der Waals surface area (Å²) < 4.78 is 0. The molecule has 16 heavy (non-hydrogen) atoms. The largest absolute Gasteiger partial charge is 0.480 e. The zero-order chi connectivity index (χ0) is 12.5. The molecule has 3 N–H and O–H groups in total. The molecule has 0 aromatic rings. The second kappa shape index (κ2) is 4.82. The van der Waals surface area contributed by atoms with Crippen molar-refractivity contribution in [3.63, 3.8) is 0 Å². The molecule has 1 aliphatic heterocycles. The minimum absolute atomic E-state index is 0.000752. The zero-order valence-electron chi connectivity index (χ0n) is 10.0. The molecule has 1 rings (SSSR count). The fourth-order valence-corrected chi connectivity index (χ4v) is 2.05. The van der Waals surface area contributed by atoms with E-state index >= 15 is 0 Å². The normalized spacial score (nSPS) is 27.2. The molecule has 92 valence electrons. The van der Waals surface area contributed by atoms with E-state index in [-0.39, 0.29) is 17.7 Å². The van der Waals surface area contributed by atoms with E-state index in [1.807, 2.05) is 20.8 Å². The average molecular weight is 228 g/mol. The number of carboxylic acid groups (broad SMARTS) is 1. The van der Waals surface area contributed by atoms with Crippen molar-refractivity contribution in [2.45, 2.75) is 39.3 Å². The SMILES string of the molecule is CC1CCN(C(=O)[C@H](N)C(C)C)C1C(=O)O. The fraction of sp³-hybridized carbons (Fsp3) is 0.818. The summed E-state index contributed by atoms with van der Waals surface area (Å²) in [5.41, 5.74) is 5.76. The standard InChI is InChI=1S/C11H20N2O3/c1-6(2)8(12)10(14)13-5-4-7(3)9(13)11(15)16/h6-9H,4-5,12H2,1-3H3,(H,15,16)/t7?,8-,9?/m1/s1. The van der Waals surface area contributed by atoms with Gasteiger partial charge in [-0.05, 0) is 18.3 Å². The second-order valence-electron chi connectivity index (χ2n) is 4.85. The summed E-state index contributed by atoms with van der Waals surface area (Å²) in [5, 5.41) is 9.09. The van der Waals surface area contributed by atoms with Gasteiger partial charge in [-0.25, -0.2) is 4.79 Å². The molecule has 0 radical (unpaired) electrons. The molecule has 2 unspecified atom stereocenters. The van der Waals surface area contributed by atoms with Crippen molar-refractivity contribution in [3.05, 3.63) is 0 Å². The van der Waals surface area contributed by atoms with Crippen LogP contribution in [0.3, 0.4) is 0 Å². The van der Waals surface area contributed by atoms with Crippen LogP contribution in [0.4, 0.5) is 0 Å². The quantitative estimate of drug-likeness (QED) is 0.727. The number of carbonyl (C=O) groups excluding carboxylic acids is 1. The molecule has 0 aromatic heterocycles. The first-order valence-corrected chi connectivity index (χ1v) is 5.65. The molecule has 0 spiro atoms. The van der Waals surface area contributed by atoms with E-state index in [4.69, 9.17) is 10.8 Å². The van der Waals surface area contributed by atoms with Crippen molar-refractivity contribution in [1.29, 1.82) is 0 Å². The smallest absolute Gasteiger partial charge is 0.326 e. The molecule has 5 nitrogen and oxygen atoms in total. The molecule has 0 aliphatic carbocycles. The molecule has 1 amide bonds. The van der Waals surface area contributed by atoms with Gasteiger partial charge in [0.2, 0.25) is 5.91 Å². The lowest BCUT2D eigenvalue weighted by atomic mass is 10.0. The maximum Gasteiger partial charge on any atom is 0.326 e. The van der Waals surface area contributed by atoms with Crippen LogP contribution in [0.15, 0.2) is 0 Å². The van der Waals surface area contributed by atoms with Gasteiger partial charge in [-0.3, -0.25) is 4.79 Å². The lowest BCUT2D eigenvalue weighted by Crippen LogP contribution is -2.51. The Morgan fingerprint density at radius 2 is 2.00 bits per heavy atom. The lowest BCUT2D eigenvalue weighted by molar-refractivity contribution is -0.150. The van der Waals surface area contributed by atoms with Gasteiger partial charge in [-0.2, -0.15) is 0 Å². The number of hydrogen-bond acceptors (Lipinski definition) is 3. The average Bonchev–Trinajstić information content (AvgIpc) is 2.57. The van der Waals surface area contributed by atoms with Crippen LogP contribution in [0.25, 0.3) is 0 Å². The van der Waals surface area contributed by atoms with Crippen molar-refractivity contribution >= 4 is 11.9 Å². The predicted molar refractivity (Wildman–Crippen MR) is 59.7 cm³/mol. The molecule has 1 heterocycles. The molecule has 1 fully saturated rings. The van der Waals surface area contributed by atoms with Crippen LogP contribution in [-0.4, -0.2) is 40.5 Å². The number of nitrogens with two attached hydrogens (primary N) is 1. The topological polar surface area (TPSA) is 83.6 Å². The van der Waals surface area contributed by atoms with Gasteiger partial charge in [0.1, 0.15) is 6.04 Å². The highest BCUT2D eigenvalue weighted by molar-refractivity contribution is 5.87. The van der Waals surface area contributed by atoms with Gasteiger partial charge < -0.3 is 15.7 Å². The van der Waals surface area contributed by atoms with Crippen LogP contribution in [-0.2, 0) is 9.59 Å². The van der Waals surface area contributed by atoms with E-state index in [9.17, 15) is 9.59 Å². The Morgan fingerprint density at radius 1 is 1.44 bits per heavy atom. The van der Waals surface area contributed by atoms with E-state index in [0.717, 1.165) is 6.42 Å². The highest BCUT2D eigenvalue weighted by Gasteiger charge is 2.41. The molecular weight excluding hydrogens is 208 g/mol. The Morgan fingerprint density at radius 3 is 2.44 bits per heavy atom. The number of carboxylic acids is 1. The number of amides is 1. The second-order valence-corrected chi connectivity index (χ2v) is 4.85. The third-order valence-corrected chi connectivity index (χ3v) is 3.24. The van der Waals surface area contributed by atoms with E-state index in [2.05, 4.69) is 0 Å².